The molecule has 2 heterocycles. The summed E-state index contributed by atoms with van der Waals surface area (Å²) in [5, 5.41) is 3.97. The van der Waals surface area contributed by atoms with Gasteiger partial charge < -0.3 is 15.8 Å². The lowest BCUT2D eigenvalue weighted by atomic mass is 10.1. The van der Waals surface area contributed by atoms with Crippen molar-refractivity contribution in [1.82, 2.24) is 4.98 Å². The van der Waals surface area contributed by atoms with E-state index in [2.05, 4.69) is 10.3 Å². The van der Waals surface area contributed by atoms with E-state index in [1.807, 2.05) is 13.0 Å². The first-order valence-electron chi connectivity index (χ1n) is 6.37. The van der Waals surface area contributed by atoms with E-state index in [-0.39, 0.29) is 18.0 Å². The molecule has 0 spiro atoms. The highest BCUT2D eigenvalue weighted by Gasteiger charge is 2.26. The van der Waals surface area contributed by atoms with E-state index in [9.17, 15) is 4.39 Å². The standard InChI is InChI=1S/C14H16FN3O/c1-8-12(4-6-19-8)18-14-10(15)7-11(16)9-3-2-5-17-13(9)14/h2-3,5,7-8,12,18H,4,6,16H2,1H3. The van der Waals surface area contributed by atoms with E-state index >= 15 is 0 Å². The lowest BCUT2D eigenvalue weighted by molar-refractivity contribution is 0.121. The van der Waals surface area contributed by atoms with E-state index in [0.717, 1.165) is 11.8 Å². The van der Waals surface area contributed by atoms with Gasteiger partial charge in [0.05, 0.1) is 23.3 Å². The van der Waals surface area contributed by atoms with Gasteiger partial charge in [0.15, 0.2) is 5.82 Å². The van der Waals surface area contributed by atoms with Crippen LogP contribution in [0, 0.1) is 5.82 Å². The molecule has 1 fully saturated rings. The van der Waals surface area contributed by atoms with Crippen LogP contribution < -0.4 is 11.1 Å². The molecular formula is C14H16FN3O. The Labute approximate surface area is 110 Å². The molecule has 100 valence electrons. The first-order chi connectivity index (χ1) is 9.16. The quantitative estimate of drug-likeness (QED) is 0.816. The van der Waals surface area contributed by atoms with Crippen LogP contribution in [0.2, 0.25) is 0 Å². The van der Waals surface area contributed by atoms with Gasteiger partial charge in [0.2, 0.25) is 0 Å². The smallest absolute Gasteiger partial charge is 0.150 e. The van der Waals surface area contributed by atoms with Gasteiger partial charge in [0, 0.05) is 23.9 Å². The Kier molecular flexibility index (Phi) is 2.98. The largest absolute Gasteiger partial charge is 0.398 e. The fourth-order valence-electron chi connectivity index (χ4n) is 2.48. The normalized spacial score (nSPS) is 22.8. The lowest BCUT2D eigenvalue weighted by Crippen LogP contribution is -2.27. The molecule has 3 rings (SSSR count). The van der Waals surface area contributed by atoms with Gasteiger partial charge in [0.25, 0.3) is 0 Å². The highest BCUT2D eigenvalue weighted by molar-refractivity contribution is 5.98. The summed E-state index contributed by atoms with van der Waals surface area (Å²) in [7, 11) is 0. The number of ether oxygens (including phenoxy) is 1. The number of pyridine rings is 1. The number of anilines is 2. The second kappa shape index (κ2) is 4.66. The number of nitrogens with one attached hydrogen (secondary N) is 1. The van der Waals surface area contributed by atoms with Crippen LogP contribution in [-0.2, 0) is 4.74 Å². The molecule has 1 aliphatic rings. The van der Waals surface area contributed by atoms with Crippen molar-refractivity contribution in [2.75, 3.05) is 17.7 Å². The number of benzene rings is 1. The number of fused-ring (bicyclic) bond motifs is 1. The molecule has 1 aromatic carbocycles. The molecule has 19 heavy (non-hydrogen) atoms. The van der Waals surface area contributed by atoms with Gasteiger partial charge in [-0.3, -0.25) is 4.98 Å². The van der Waals surface area contributed by atoms with E-state index in [0.29, 0.717) is 23.5 Å². The molecule has 0 bridgehead atoms. The van der Waals surface area contributed by atoms with Gasteiger partial charge in [-0.1, -0.05) is 0 Å². The molecule has 2 atom stereocenters. The van der Waals surface area contributed by atoms with Crippen molar-refractivity contribution in [3.8, 4) is 0 Å². The fraction of sp³-hybridized carbons (Fsp3) is 0.357. The predicted octanol–water partition coefficient (Wildman–Crippen LogP) is 2.55. The van der Waals surface area contributed by atoms with Crippen molar-refractivity contribution in [2.45, 2.75) is 25.5 Å². The minimum absolute atomic E-state index is 0.0655. The maximum atomic E-state index is 14.1. The third kappa shape index (κ3) is 2.10. The zero-order chi connectivity index (χ0) is 13.4. The second-order valence-electron chi connectivity index (χ2n) is 4.84. The first kappa shape index (κ1) is 12.2. The first-order valence-corrected chi connectivity index (χ1v) is 6.37. The highest BCUT2D eigenvalue weighted by atomic mass is 19.1. The summed E-state index contributed by atoms with van der Waals surface area (Å²) < 4.78 is 19.6. The van der Waals surface area contributed by atoms with Gasteiger partial charge in [-0.2, -0.15) is 0 Å². The van der Waals surface area contributed by atoms with Crippen LogP contribution >= 0.6 is 0 Å². The average molecular weight is 261 g/mol. The Morgan fingerprint density at radius 2 is 2.37 bits per heavy atom. The number of rotatable bonds is 2. The Bertz CT molecular complexity index is 617. The SMILES string of the molecule is CC1OCCC1Nc1c(F)cc(N)c2cccnc12. The van der Waals surface area contributed by atoms with E-state index < -0.39 is 0 Å². The number of hydrogen-bond acceptors (Lipinski definition) is 4. The monoisotopic (exact) mass is 261 g/mol. The van der Waals surface area contributed by atoms with Gasteiger partial charge >= 0.3 is 0 Å². The minimum atomic E-state index is -0.372. The third-order valence-corrected chi connectivity index (χ3v) is 3.58. The summed E-state index contributed by atoms with van der Waals surface area (Å²) in [5.74, 6) is -0.372. The molecule has 1 saturated heterocycles. The Morgan fingerprint density at radius 3 is 3.11 bits per heavy atom. The van der Waals surface area contributed by atoms with E-state index in [4.69, 9.17) is 10.5 Å². The Balaban J connectivity index is 2.07. The zero-order valence-corrected chi connectivity index (χ0v) is 10.7. The van der Waals surface area contributed by atoms with Crippen molar-refractivity contribution in [3.05, 3.63) is 30.2 Å². The number of nitrogens with two attached hydrogens (primary N) is 1. The number of hydrogen-bond donors (Lipinski definition) is 2. The lowest BCUT2D eigenvalue weighted by Gasteiger charge is -2.19. The molecule has 3 N–H and O–H groups in total. The number of nitrogen functional groups attached to an aromatic ring is 1. The summed E-state index contributed by atoms with van der Waals surface area (Å²) in [6.07, 6.45) is 2.57. The summed E-state index contributed by atoms with van der Waals surface area (Å²) in [5.41, 5.74) is 7.21. The van der Waals surface area contributed by atoms with Crippen LogP contribution in [0.15, 0.2) is 24.4 Å². The molecule has 4 nitrogen and oxygen atoms in total. The van der Waals surface area contributed by atoms with Gasteiger partial charge in [-0.15, -0.1) is 0 Å². The number of halogens is 1. The van der Waals surface area contributed by atoms with E-state index in [1.165, 1.54) is 6.07 Å². The van der Waals surface area contributed by atoms with Crippen LogP contribution in [-0.4, -0.2) is 23.7 Å². The predicted molar refractivity (Wildman–Crippen MR) is 73.6 cm³/mol. The Morgan fingerprint density at radius 1 is 1.53 bits per heavy atom. The fourth-order valence-corrected chi connectivity index (χ4v) is 2.48. The molecule has 2 aromatic rings. The highest BCUT2D eigenvalue weighted by Crippen LogP contribution is 2.31. The average Bonchev–Trinajstić information content (AvgIpc) is 2.80. The summed E-state index contributed by atoms with van der Waals surface area (Å²) >= 11 is 0. The van der Waals surface area contributed by atoms with Gasteiger partial charge in [-0.25, -0.2) is 4.39 Å². The minimum Gasteiger partial charge on any atom is -0.398 e. The van der Waals surface area contributed by atoms with Crippen molar-refractivity contribution in [2.24, 2.45) is 0 Å². The summed E-state index contributed by atoms with van der Waals surface area (Å²) in [6.45, 7) is 2.68. The van der Waals surface area contributed by atoms with Crippen LogP contribution in [0.5, 0.6) is 0 Å². The molecule has 0 radical (unpaired) electrons. The maximum absolute atomic E-state index is 14.1. The topological polar surface area (TPSA) is 60.2 Å². The van der Waals surface area contributed by atoms with Crippen molar-refractivity contribution in [3.63, 3.8) is 0 Å². The van der Waals surface area contributed by atoms with Gasteiger partial charge in [0.1, 0.15) is 0 Å². The van der Waals surface area contributed by atoms with Crippen molar-refractivity contribution >= 4 is 22.3 Å². The number of nitrogens with zero attached hydrogens (tertiary/aromatic N) is 1. The Hall–Kier alpha value is -1.88. The number of aromatic nitrogens is 1. The zero-order valence-electron chi connectivity index (χ0n) is 10.7. The van der Waals surface area contributed by atoms with E-state index in [1.54, 1.807) is 12.3 Å². The van der Waals surface area contributed by atoms with Crippen LogP contribution in [0.3, 0.4) is 0 Å². The molecule has 0 saturated carbocycles. The van der Waals surface area contributed by atoms with Crippen molar-refractivity contribution < 1.29 is 9.13 Å². The van der Waals surface area contributed by atoms with Crippen LogP contribution in [0.4, 0.5) is 15.8 Å². The van der Waals surface area contributed by atoms with Crippen LogP contribution in [0.25, 0.3) is 10.9 Å². The molecule has 0 aliphatic carbocycles. The molecule has 0 amide bonds. The van der Waals surface area contributed by atoms with Crippen LogP contribution in [0.1, 0.15) is 13.3 Å². The molecule has 1 aromatic heterocycles. The third-order valence-electron chi connectivity index (χ3n) is 3.58. The summed E-state index contributed by atoms with van der Waals surface area (Å²) in [6, 6.07) is 5.08. The molecule has 2 unspecified atom stereocenters. The second-order valence-corrected chi connectivity index (χ2v) is 4.84. The maximum Gasteiger partial charge on any atom is 0.150 e. The molecule has 5 heteroatoms. The van der Waals surface area contributed by atoms with Gasteiger partial charge in [-0.05, 0) is 31.5 Å². The van der Waals surface area contributed by atoms with Crippen molar-refractivity contribution in [1.29, 1.82) is 0 Å². The molecular weight excluding hydrogens is 245 g/mol. The molecule has 1 aliphatic heterocycles. The summed E-state index contributed by atoms with van der Waals surface area (Å²) in [4.78, 5) is 4.25.